The Balaban J connectivity index is 1.88. The number of carbonyl (C=O) groups excluding carboxylic acids is 1. The van der Waals surface area contributed by atoms with Gasteiger partial charge in [-0.25, -0.2) is 4.99 Å². The number of aromatic amines is 1. The zero-order valence-electron chi connectivity index (χ0n) is 15.1. The lowest BCUT2D eigenvalue weighted by Gasteiger charge is -2.06. The second kappa shape index (κ2) is 7.23. The summed E-state index contributed by atoms with van der Waals surface area (Å²) in [4.78, 5) is 19.7. The van der Waals surface area contributed by atoms with E-state index >= 15 is 0 Å². The Morgan fingerprint density at radius 3 is 2.69 bits per heavy atom. The maximum Gasteiger partial charge on any atom is 0.275 e. The standard InChI is InChI=1S/C20H21N5O/c1-13-7-5-6-8-15(13)17-11-14(2)16(23-17)12-19(21-3)24-20(26)18-9-10-22-25(18)4/h5-12,23H,3H2,1-2,4H3,(H,24,26)/b19-12+. The zero-order chi connectivity index (χ0) is 18.7. The SMILES string of the molecule is C=N/C(=C\c1[nH]c(-c2ccccc2C)cc1C)NC(=O)c1ccnn1C. The van der Waals surface area contributed by atoms with Crippen LogP contribution in [-0.2, 0) is 7.05 Å². The predicted molar refractivity (Wildman–Crippen MR) is 104 cm³/mol. The lowest BCUT2D eigenvalue weighted by Crippen LogP contribution is -2.24. The first-order valence-electron chi connectivity index (χ1n) is 8.23. The Morgan fingerprint density at radius 1 is 1.27 bits per heavy atom. The van der Waals surface area contributed by atoms with Gasteiger partial charge in [0.15, 0.2) is 0 Å². The second-order valence-electron chi connectivity index (χ2n) is 6.08. The third kappa shape index (κ3) is 3.49. The highest BCUT2D eigenvalue weighted by Gasteiger charge is 2.12. The molecule has 6 heteroatoms. The number of aromatic nitrogens is 3. The lowest BCUT2D eigenvalue weighted by molar-refractivity contribution is 0.0956. The molecule has 1 aromatic carbocycles. The van der Waals surface area contributed by atoms with Gasteiger partial charge in [-0.15, -0.1) is 0 Å². The minimum atomic E-state index is -0.285. The quantitative estimate of drug-likeness (QED) is 0.694. The first kappa shape index (κ1) is 17.4. The fraction of sp³-hybridized carbons (Fsp3) is 0.150. The van der Waals surface area contributed by atoms with Gasteiger partial charge in [0.05, 0.1) is 0 Å². The highest BCUT2D eigenvalue weighted by atomic mass is 16.2. The third-order valence-corrected chi connectivity index (χ3v) is 4.24. The number of carbonyl (C=O) groups is 1. The van der Waals surface area contributed by atoms with Crippen LogP contribution < -0.4 is 5.32 Å². The van der Waals surface area contributed by atoms with E-state index in [1.807, 2.05) is 19.1 Å². The number of benzene rings is 1. The molecule has 0 spiro atoms. The Bertz CT molecular complexity index is 993. The summed E-state index contributed by atoms with van der Waals surface area (Å²) < 4.78 is 1.51. The molecule has 0 aliphatic rings. The molecule has 0 aliphatic carbocycles. The van der Waals surface area contributed by atoms with Gasteiger partial charge in [0, 0.05) is 36.3 Å². The number of nitrogens with zero attached hydrogens (tertiary/aromatic N) is 3. The van der Waals surface area contributed by atoms with Crippen LogP contribution in [-0.4, -0.2) is 27.4 Å². The molecule has 0 bridgehead atoms. The number of hydrogen-bond acceptors (Lipinski definition) is 3. The van der Waals surface area contributed by atoms with Crippen LogP contribution in [0.25, 0.3) is 17.3 Å². The Morgan fingerprint density at radius 2 is 2.04 bits per heavy atom. The topological polar surface area (TPSA) is 75.1 Å². The van der Waals surface area contributed by atoms with Crippen molar-refractivity contribution >= 4 is 18.7 Å². The maximum absolute atomic E-state index is 12.3. The first-order valence-corrected chi connectivity index (χ1v) is 8.23. The monoisotopic (exact) mass is 347 g/mol. The summed E-state index contributed by atoms with van der Waals surface area (Å²) in [5.41, 5.74) is 5.73. The number of amides is 1. The minimum absolute atomic E-state index is 0.285. The van der Waals surface area contributed by atoms with Crippen molar-refractivity contribution < 1.29 is 4.79 Å². The molecule has 2 N–H and O–H groups in total. The van der Waals surface area contributed by atoms with E-state index in [0.29, 0.717) is 11.5 Å². The van der Waals surface area contributed by atoms with Gasteiger partial charge >= 0.3 is 0 Å². The summed E-state index contributed by atoms with van der Waals surface area (Å²) in [6.45, 7) is 7.64. The molecule has 2 heterocycles. The first-order chi connectivity index (χ1) is 12.5. The normalized spacial score (nSPS) is 11.4. The van der Waals surface area contributed by atoms with Gasteiger partial charge in [0.2, 0.25) is 0 Å². The molecule has 0 unspecified atom stereocenters. The largest absolute Gasteiger partial charge is 0.355 e. The van der Waals surface area contributed by atoms with Crippen molar-refractivity contribution in [3.63, 3.8) is 0 Å². The lowest BCUT2D eigenvalue weighted by atomic mass is 10.1. The van der Waals surface area contributed by atoms with Gasteiger partial charge in [0.1, 0.15) is 11.5 Å². The van der Waals surface area contributed by atoms with Gasteiger partial charge in [0.25, 0.3) is 5.91 Å². The molecule has 2 aromatic heterocycles. The van der Waals surface area contributed by atoms with Gasteiger partial charge in [-0.3, -0.25) is 9.48 Å². The van der Waals surface area contributed by atoms with Crippen LogP contribution in [0, 0.1) is 13.8 Å². The van der Waals surface area contributed by atoms with Gasteiger partial charge < -0.3 is 10.3 Å². The van der Waals surface area contributed by atoms with Gasteiger partial charge in [-0.05, 0) is 43.8 Å². The molecular weight excluding hydrogens is 326 g/mol. The van der Waals surface area contributed by atoms with E-state index < -0.39 is 0 Å². The number of H-pyrrole nitrogens is 1. The van der Waals surface area contributed by atoms with Crippen molar-refractivity contribution in [2.75, 3.05) is 0 Å². The van der Waals surface area contributed by atoms with E-state index in [-0.39, 0.29) is 5.91 Å². The van der Waals surface area contributed by atoms with Gasteiger partial charge in [-0.1, -0.05) is 24.3 Å². The molecule has 6 nitrogen and oxygen atoms in total. The highest BCUT2D eigenvalue weighted by Crippen LogP contribution is 2.25. The minimum Gasteiger partial charge on any atom is -0.355 e. The Labute approximate surface area is 152 Å². The van der Waals surface area contributed by atoms with Crippen molar-refractivity contribution in [3.05, 3.63) is 70.9 Å². The predicted octanol–water partition coefficient (Wildman–Crippen LogP) is 3.46. The number of hydrogen-bond donors (Lipinski definition) is 2. The summed E-state index contributed by atoms with van der Waals surface area (Å²) in [5.74, 6) is 0.0875. The van der Waals surface area contributed by atoms with E-state index in [2.05, 4.69) is 52.2 Å². The summed E-state index contributed by atoms with van der Waals surface area (Å²) >= 11 is 0. The van der Waals surface area contributed by atoms with Crippen molar-refractivity contribution in [2.45, 2.75) is 13.8 Å². The van der Waals surface area contributed by atoms with Crippen LogP contribution >= 0.6 is 0 Å². The summed E-state index contributed by atoms with van der Waals surface area (Å²) in [5, 5.41) is 6.76. The summed E-state index contributed by atoms with van der Waals surface area (Å²) in [7, 11) is 1.71. The van der Waals surface area contributed by atoms with Crippen molar-refractivity contribution in [2.24, 2.45) is 12.0 Å². The van der Waals surface area contributed by atoms with E-state index in [0.717, 1.165) is 22.5 Å². The number of aryl methyl sites for hydroxylation is 3. The van der Waals surface area contributed by atoms with E-state index in [1.165, 1.54) is 10.2 Å². The van der Waals surface area contributed by atoms with Gasteiger partial charge in [-0.2, -0.15) is 5.10 Å². The molecule has 0 saturated heterocycles. The molecule has 3 aromatic rings. The van der Waals surface area contributed by atoms with Crippen molar-refractivity contribution in [1.82, 2.24) is 20.1 Å². The van der Waals surface area contributed by atoms with E-state index in [4.69, 9.17) is 0 Å². The van der Waals surface area contributed by atoms with Crippen LogP contribution in [0.5, 0.6) is 0 Å². The molecule has 1 amide bonds. The molecule has 0 saturated carbocycles. The highest BCUT2D eigenvalue weighted by molar-refractivity contribution is 5.94. The molecule has 132 valence electrons. The number of aliphatic imine (C=N–C) groups is 1. The molecule has 26 heavy (non-hydrogen) atoms. The van der Waals surface area contributed by atoms with Crippen LogP contribution in [0.4, 0.5) is 0 Å². The summed E-state index contributed by atoms with van der Waals surface area (Å²) in [6, 6.07) is 11.9. The zero-order valence-corrected chi connectivity index (χ0v) is 15.1. The Kier molecular flexibility index (Phi) is 4.84. The Hall–Kier alpha value is -3.41. The van der Waals surface area contributed by atoms with Crippen LogP contribution in [0.15, 0.2) is 53.4 Å². The molecule has 0 fully saturated rings. The van der Waals surface area contributed by atoms with Crippen molar-refractivity contribution in [3.8, 4) is 11.3 Å². The summed E-state index contributed by atoms with van der Waals surface area (Å²) in [6.07, 6.45) is 3.35. The second-order valence-corrected chi connectivity index (χ2v) is 6.08. The third-order valence-electron chi connectivity index (χ3n) is 4.24. The average Bonchev–Trinajstić information content (AvgIpc) is 3.20. The maximum atomic E-state index is 12.3. The molecule has 0 atom stereocenters. The fourth-order valence-electron chi connectivity index (χ4n) is 2.78. The number of rotatable bonds is 5. The van der Waals surface area contributed by atoms with Crippen LogP contribution in [0.1, 0.15) is 27.3 Å². The van der Waals surface area contributed by atoms with Crippen LogP contribution in [0.2, 0.25) is 0 Å². The molecular formula is C20H21N5O. The molecule has 0 aliphatic heterocycles. The van der Waals surface area contributed by atoms with E-state index in [1.54, 1.807) is 25.4 Å². The number of nitrogens with one attached hydrogen (secondary N) is 2. The smallest absolute Gasteiger partial charge is 0.275 e. The fourth-order valence-corrected chi connectivity index (χ4v) is 2.78. The van der Waals surface area contributed by atoms with Crippen molar-refractivity contribution in [1.29, 1.82) is 0 Å². The van der Waals surface area contributed by atoms with E-state index in [9.17, 15) is 4.79 Å². The van der Waals surface area contributed by atoms with Crippen LogP contribution in [0.3, 0.4) is 0 Å². The molecule has 0 radical (unpaired) electrons. The molecule has 3 rings (SSSR count). The average molecular weight is 347 g/mol.